The lowest BCUT2D eigenvalue weighted by atomic mass is 9.91. The SMILES string of the molecule is O=C1CCCCCCCCCC[C@H]1CN1CCCCC1. The highest BCUT2D eigenvalue weighted by Gasteiger charge is 2.22. The summed E-state index contributed by atoms with van der Waals surface area (Å²) in [5.41, 5.74) is 0. The van der Waals surface area contributed by atoms with Crippen LogP contribution in [0.1, 0.15) is 83.5 Å². The number of carbonyl (C=O) groups excluding carboxylic acids is 1. The predicted octanol–water partition coefficient (Wildman–Crippen LogP) is 4.57. The Kier molecular flexibility index (Phi) is 7.64. The second-order valence-corrected chi connectivity index (χ2v) is 6.89. The number of carbonyl (C=O) groups is 1. The van der Waals surface area contributed by atoms with Gasteiger partial charge in [-0.3, -0.25) is 4.79 Å². The van der Waals surface area contributed by atoms with Crippen molar-refractivity contribution in [1.82, 2.24) is 4.90 Å². The van der Waals surface area contributed by atoms with Crippen LogP contribution in [0.5, 0.6) is 0 Å². The molecule has 0 bridgehead atoms. The van der Waals surface area contributed by atoms with E-state index in [1.54, 1.807) is 0 Å². The molecule has 1 saturated heterocycles. The van der Waals surface area contributed by atoms with Crippen LogP contribution in [-0.4, -0.2) is 30.3 Å². The zero-order valence-electron chi connectivity index (χ0n) is 13.2. The van der Waals surface area contributed by atoms with Gasteiger partial charge in [-0.25, -0.2) is 0 Å². The smallest absolute Gasteiger partial charge is 0.137 e. The molecule has 0 aromatic rings. The molecule has 0 spiro atoms. The Labute approximate surface area is 125 Å². The summed E-state index contributed by atoms with van der Waals surface area (Å²) < 4.78 is 0. The number of nitrogens with zero attached hydrogens (tertiary/aromatic N) is 1. The van der Waals surface area contributed by atoms with E-state index in [2.05, 4.69) is 4.90 Å². The molecule has 0 unspecified atom stereocenters. The van der Waals surface area contributed by atoms with Crippen LogP contribution in [0, 0.1) is 5.92 Å². The number of ketones is 1. The third kappa shape index (κ3) is 5.95. The monoisotopic (exact) mass is 279 g/mol. The van der Waals surface area contributed by atoms with Gasteiger partial charge in [-0.05, 0) is 38.8 Å². The minimum absolute atomic E-state index is 0.340. The topological polar surface area (TPSA) is 20.3 Å². The van der Waals surface area contributed by atoms with Gasteiger partial charge < -0.3 is 4.90 Å². The van der Waals surface area contributed by atoms with Crippen molar-refractivity contribution in [3.05, 3.63) is 0 Å². The Morgan fingerprint density at radius 3 is 2.00 bits per heavy atom. The van der Waals surface area contributed by atoms with Crippen molar-refractivity contribution in [2.75, 3.05) is 19.6 Å². The Morgan fingerprint density at radius 1 is 0.750 bits per heavy atom. The Bertz CT molecular complexity index is 271. The third-order valence-electron chi connectivity index (χ3n) is 5.11. The fourth-order valence-corrected chi connectivity index (χ4v) is 3.76. The molecule has 1 aliphatic heterocycles. The van der Waals surface area contributed by atoms with Crippen LogP contribution in [0.15, 0.2) is 0 Å². The average Bonchev–Trinajstić information content (AvgIpc) is 2.47. The highest BCUT2D eigenvalue weighted by Crippen LogP contribution is 2.21. The van der Waals surface area contributed by atoms with Crippen LogP contribution in [0.25, 0.3) is 0 Å². The van der Waals surface area contributed by atoms with Crippen molar-refractivity contribution < 1.29 is 4.79 Å². The van der Waals surface area contributed by atoms with Gasteiger partial charge in [0.2, 0.25) is 0 Å². The molecule has 2 rings (SSSR count). The van der Waals surface area contributed by atoms with Gasteiger partial charge in [0, 0.05) is 18.9 Å². The first-order valence-corrected chi connectivity index (χ1v) is 9.11. The standard InChI is InChI=1S/C18H33NO/c20-18-13-9-6-4-2-1-3-5-8-12-17(18)16-19-14-10-7-11-15-19/h17H,1-16H2/t17-/m0/s1. The molecule has 20 heavy (non-hydrogen) atoms. The molecule has 1 aliphatic carbocycles. The Balaban J connectivity index is 1.81. The zero-order chi connectivity index (χ0) is 14.0. The molecule has 2 aliphatic rings. The highest BCUT2D eigenvalue weighted by molar-refractivity contribution is 5.81. The minimum Gasteiger partial charge on any atom is -0.303 e. The van der Waals surface area contributed by atoms with Gasteiger partial charge in [-0.15, -0.1) is 0 Å². The number of Topliss-reactive ketones (excluding diaryl/α,β-unsaturated/α-hetero) is 1. The quantitative estimate of drug-likeness (QED) is 0.738. The van der Waals surface area contributed by atoms with Crippen molar-refractivity contribution in [1.29, 1.82) is 0 Å². The number of rotatable bonds is 2. The summed E-state index contributed by atoms with van der Waals surface area (Å²) in [6.07, 6.45) is 16.6. The largest absolute Gasteiger partial charge is 0.303 e. The molecule has 0 radical (unpaired) electrons. The van der Waals surface area contributed by atoms with Crippen molar-refractivity contribution in [2.24, 2.45) is 5.92 Å². The van der Waals surface area contributed by atoms with Gasteiger partial charge in [0.15, 0.2) is 0 Å². The van der Waals surface area contributed by atoms with E-state index >= 15 is 0 Å². The second-order valence-electron chi connectivity index (χ2n) is 6.89. The first-order valence-electron chi connectivity index (χ1n) is 9.11. The van der Waals surface area contributed by atoms with Gasteiger partial charge in [0.1, 0.15) is 5.78 Å². The summed E-state index contributed by atoms with van der Waals surface area (Å²) in [4.78, 5) is 15.0. The van der Waals surface area contributed by atoms with E-state index in [1.807, 2.05) is 0 Å². The van der Waals surface area contributed by atoms with E-state index in [0.29, 0.717) is 11.7 Å². The predicted molar refractivity (Wildman–Crippen MR) is 85.0 cm³/mol. The molecular weight excluding hydrogens is 246 g/mol. The van der Waals surface area contributed by atoms with Crippen LogP contribution in [0.4, 0.5) is 0 Å². The summed E-state index contributed by atoms with van der Waals surface area (Å²) in [6, 6.07) is 0. The van der Waals surface area contributed by atoms with Gasteiger partial charge in [0.05, 0.1) is 0 Å². The van der Waals surface area contributed by atoms with Crippen LogP contribution in [0.2, 0.25) is 0 Å². The second kappa shape index (κ2) is 9.55. The summed E-state index contributed by atoms with van der Waals surface area (Å²) in [5, 5.41) is 0. The molecule has 2 nitrogen and oxygen atoms in total. The number of hydrogen-bond acceptors (Lipinski definition) is 2. The summed E-state index contributed by atoms with van der Waals surface area (Å²) in [7, 11) is 0. The highest BCUT2D eigenvalue weighted by atomic mass is 16.1. The van der Waals surface area contributed by atoms with Crippen molar-refractivity contribution in [3.8, 4) is 0 Å². The van der Waals surface area contributed by atoms with Crippen molar-refractivity contribution >= 4 is 5.78 Å². The first-order chi connectivity index (χ1) is 9.86. The molecule has 0 N–H and O–H groups in total. The lowest BCUT2D eigenvalue weighted by Crippen LogP contribution is -2.36. The molecule has 1 saturated carbocycles. The molecule has 0 amide bonds. The number of piperidine rings is 1. The third-order valence-corrected chi connectivity index (χ3v) is 5.11. The summed E-state index contributed by atoms with van der Waals surface area (Å²) >= 11 is 0. The Morgan fingerprint density at radius 2 is 1.30 bits per heavy atom. The van der Waals surface area contributed by atoms with E-state index in [0.717, 1.165) is 25.8 Å². The molecule has 2 fully saturated rings. The van der Waals surface area contributed by atoms with E-state index in [1.165, 1.54) is 77.3 Å². The minimum atomic E-state index is 0.340. The van der Waals surface area contributed by atoms with Crippen LogP contribution in [-0.2, 0) is 4.79 Å². The van der Waals surface area contributed by atoms with Crippen molar-refractivity contribution in [3.63, 3.8) is 0 Å². The molecule has 1 atom stereocenters. The van der Waals surface area contributed by atoms with E-state index in [4.69, 9.17) is 0 Å². The number of likely N-dealkylation sites (tertiary alicyclic amines) is 1. The lowest BCUT2D eigenvalue weighted by molar-refractivity contribution is -0.124. The molecule has 0 aromatic carbocycles. The first kappa shape index (κ1) is 16.0. The van der Waals surface area contributed by atoms with E-state index in [-0.39, 0.29) is 0 Å². The molecule has 1 heterocycles. The van der Waals surface area contributed by atoms with Crippen LogP contribution in [0.3, 0.4) is 0 Å². The molecule has 116 valence electrons. The van der Waals surface area contributed by atoms with E-state index < -0.39 is 0 Å². The molecular formula is C18H33NO. The maximum atomic E-state index is 12.5. The van der Waals surface area contributed by atoms with Crippen molar-refractivity contribution in [2.45, 2.75) is 83.5 Å². The normalized spacial score (nSPS) is 28.6. The van der Waals surface area contributed by atoms with Gasteiger partial charge >= 0.3 is 0 Å². The van der Waals surface area contributed by atoms with Gasteiger partial charge in [0.25, 0.3) is 0 Å². The number of hydrogen-bond donors (Lipinski definition) is 0. The fraction of sp³-hybridized carbons (Fsp3) is 0.944. The summed E-state index contributed by atoms with van der Waals surface area (Å²) in [5.74, 6) is 0.906. The maximum absolute atomic E-state index is 12.5. The zero-order valence-corrected chi connectivity index (χ0v) is 13.2. The van der Waals surface area contributed by atoms with E-state index in [9.17, 15) is 4.79 Å². The van der Waals surface area contributed by atoms with Gasteiger partial charge in [-0.1, -0.05) is 51.4 Å². The fourth-order valence-electron chi connectivity index (χ4n) is 3.76. The van der Waals surface area contributed by atoms with Gasteiger partial charge in [-0.2, -0.15) is 0 Å². The summed E-state index contributed by atoms with van der Waals surface area (Å²) in [6.45, 7) is 3.51. The van der Waals surface area contributed by atoms with Crippen LogP contribution >= 0.6 is 0 Å². The lowest BCUT2D eigenvalue weighted by Gasteiger charge is -2.30. The maximum Gasteiger partial charge on any atom is 0.137 e. The molecule has 0 aromatic heterocycles. The van der Waals surface area contributed by atoms with Crippen LogP contribution < -0.4 is 0 Å². The Hall–Kier alpha value is -0.370. The molecule has 2 heteroatoms. The average molecular weight is 279 g/mol.